The zero-order valence-electron chi connectivity index (χ0n) is 12.1. The summed E-state index contributed by atoms with van der Waals surface area (Å²) in [5, 5.41) is 7.80. The third-order valence-electron chi connectivity index (χ3n) is 2.83. The molecule has 21 heavy (non-hydrogen) atoms. The summed E-state index contributed by atoms with van der Waals surface area (Å²) in [6.45, 7) is 2.41. The Labute approximate surface area is 124 Å². The Morgan fingerprint density at radius 1 is 1.14 bits per heavy atom. The average Bonchev–Trinajstić information content (AvgIpc) is 2.44. The van der Waals surface area contributed by atoms with E-state index in [9.17, 15) is 9.59 Å². The fourth-order valence-corrected chi connectivity index (χ4v) is 1.79. The number of amides is 4. The summed E-state index contributed by atoms with van der Waals surface area (Å²) >= 11 is 0. The van der Waals surface area contributed by atoms with Gasteiger partial charge in [0.05, 0.1) is 0 Å². The monoisotopic (exact) mass is 293 g/mol. The van der Waals surface area contributed by atoms with E-state index in [1.165, 1.54) is 0 Å². The van der Waals surface area contributed by atoms with Crippen LogP contribution in [0, 0.1) is 0 Å². The van der Waals surface area contributed by atoms with Crippen molar-refractivity contribution in [1.29, 1.82) is 0 Å². The van der Waals surface area contributed by atoms with E-state index < -0.39 is 6.03 Å². The predicted octanol–water partition coefficient (Wildman–Crippen LogP) is -0.0876. The van der Waals surface area contributed by atoms with E-state index in [1.54, 1.807) is 6.92 Å². The number of primary amides is 1. The van der Waals surface area contributed by atoms with Gasteiger partial charge in [-0.25, -0.2) is 9.59 Å². The number of urea groups is 2. The molecule has 7 heteroatoms. The van der Waals surface area contributed by atoms with Crippen LogP contribution in [-0.2, 0) is 6.42 Å². The van der Waals surface area contributed by atoms with Gasteiger partial charge in [-0.1, -0.05) is 30.3 Å². The van der Waals surface area contributed by atoms with Crippen molar-refractivity contribution in [3.63, 3.8) is 0 Å². The van der Waals surface area contributed by atoms with Gasteiger partial charge in [0.2, 0.25) is 0 Å². The summed E-state index contributed by atoms with van der Waals surface area (Å²) < 4.78 is 0. The normalized spacial score (nSPS) is 13.0. The SMILES string of the molecule is CC(CNC(N)=O)NC(=O)NCC(N)Cc1ccccc1. The predicted molar refractivity (Wildman–Crippen MR) is 81.7 cm³/mol. The molecule has 1 aromatic carbocycles. The Hall–Kier alpha value is -2.28. The van der Waals surface area contributed by atoms with Crippen molar-refractivity contribution in [2.24, 2.45) is 11.5 Å². The molecule has 2 atom stereocenters. The molecule has 2 unspecified atom stereocenters. The first kappa shape index (κ1) is 16.8. The molecule has 1 rings (SSSR count). The number of carbonyl (C=O) groups is 2. The number of carbonyl (C=O) groups excluding carboxylic acids is 2. The molecule has 0 saturated heterocycles. The summed E-state index contributed by atoms with van der Waals surface area (Å²) in [5.74, 6) is 0. The van der Waals surface area contributed by atoms with Crippen LogP contribution in [0.4, 0.5) is 9.59 Å². The van der Waals surface area contributed by atoms with E-state index in [0.29, 0.717) is 13.0 Å². The molecule has 0 aliphatic carbocycles. The molecule has 0 heterocycles. The smallest absolute Gasteiger partial charge is 0.315 e. The van der Waals surface area contributed by atoms with Crippen molar-refractivity contribution >= 4 is 12.1 Å². The van der Waals surface area contributed by atoms with Gasteiger partial charge in [-0.05, 0) is 18.9 Å². The standard InChI is InChI=1S/C14H23N5O2/c1-10(8-17-13(16)20)19-14(21)18-9-12(15)7-11-5-3-2-4-6-11/h2-6,10,12H,7-9,15H2,1H3,(H3,16,17,20)(H2,18,19,21). The third-order valence-corrected chi connectivity index (χ3v) is 2.83. The first-order valence-electron chi connectivity index (χ1n) is 6.84. The van der Waals surface area contributed by atoms with E-state index in [2.05, 4.69) is 16.0 Å². The lowest BCUT2D eigenvalue weighted by molar-refractivity contribution is 0.234. The third kappa shape index (κ3) is 7.78. The van der Waals surface area contributed by atoms with Gasteiger partial charge < -0.3 is 27.4 Å². The van der Waals surface area contributed by atoms with Gasteiger partial charge in [0, 0.05) is 25.2 Å². The van der Waals surface area contributed by atoms with Crippen LogP contribution in [0.2, 0.25) is 0 Å². The number of nitrogens with two attached hydrogens (primary N) is 2. The Morgan fingerprint density at radius 3 is 2.43 bits per heavy atom. The molecule has 7 nitrogen and oxygen atoms in total. The maximum absolute atomic E-state index is 11.6. The van der Waals surface area contributed by atoms with E-state index >= 15 is 0 Å². The lowest BCUT2D eigenvalue weighted by Gasteiger charge is -2.17. The lowest BCUT2D eigenvalue weighted by Crippen LogP contribution is -2.49. The fourth-order valence-electron chi connectivity index (χ4n) is 1.79. The molecule has 0 bridgehead atoms. The number of benzene rings is 1. The van der Waals surface area contributed by atoms with Crippen LogP contribution >= 0.6 is 0 Å². The summed E-state index contributed by atoms with van der Waals surface area (Å²) in [6.07, 6.45) is 0.694. The van der Waals surface area contributed by atoms with Gasteiger partial charge in [0.25, 0.3) is 0 Å². The van der Waals surface area contributed by atoms with Crippen LogP contribution in [0.15, 0.2) is 30.3 Å². The minimum atomic E-state index is -0.617. The molecule has 116 valence electrons. The highest BCUT2D eigenvalue weighted by molar-refractivity contribution is 5.74. The number of hydrogen-bond acceptors (Lipinski definition) is 3. The molecule has 0 aliphatic rings. The lowest BCUT2D eigenvalue weighted by atomic mass is 10.1. The Morgan fingerprint density at radius 2 is 1.81 bits per heavy atom. The molecular formula is C14H23N5O2. The van der Waals surface area contributed by atoms with Gasteiger partial charge >= 0.3 is 12.1 Å². The summed E-state index contributed by atoms with van der Waals surface area (Å²) in [5.41, 5.74) is 12.0. The van der Waals surface area contributed by atoms with Crippen LogP contribution in [0.1, 0.15) is 12.5 Å². The van der Waals surface area contributed by atoms with Gasteiger partial charge in [0.1, 0.15) is 0 Å². The van der Waals surface area contributed by atoms with Gasteiger partial charge in [-0.3, -0.25) is 0 Å². The van der Waals surface area contributed by atoms with E-state index in [1.807, 2.05) is 30.3 Å². The van der Waals surface area contributed by atoms with Crippen LogP contribution in [-0.4, -0.2) is 37.2 Å². The van der Waals surface area contributed by atoms with Gasteiger partial charge in [-0.2, -0.15) is 0 Å². The van der Waals surface area contributed by atoms with Crippen molar-refractivity contribution in [3.05, 3.63) is 35.9 Å². The Balaban J connectivity index is 2.21. The van der Waals surface area contributed by atoms with Crippen molar-refractivity contribution in [2.75, 3.05) is 13.1 Å². The first-order valence-corrected chi connectivity index (χ1v) is 6.84. The average molecular weight is 293 g/mol. The maximum Gasteiger partial charge on any atom is 0.315 e. The second-order valence-electron chi connectivity index (χ2n) is 4.95. The number of hydrogen-bond donors (Lipinski definition) is 5. The maximum atomic E-state index is 11.6. The molecule has 4 amide bonds. The summed E-state index contributed by atoms with van der Waals surface area (Å²) in [7, 11) is 0. The second-order valence-corrected chi connectivity index (χ2v) is 4.95. The van der Waals surface area contributed by atoms with E-state index in [4.69, 9.17) is 11.5 Å². The van der Waals surface area contributed by atoms with Gasteiger partial charge in [-0.15, -0.1) is 0 Å². The highest BCUT2D eigenvalue weighted by atomic mass is 16.2. The van der Waals surface area contributed by atoms with E-state index in [0.717, 1.165) is 5.56 Å². The molecular weight excluding hydrogens is 270 g/mol. The zero-order valence-corrected chi connectivity index (χ0v) is 12.1. The minimum Gasteiger partial charge on any atom is -0.352 e. The van der Waals surface area contributed by atoms with Crippen molar-refractivity contribution in [1.82, 2.24) is 16.0 Å². The van der Waals surface area contributed by atoms with Crippen LogP contribution < -0.4 is 27.4 Å². The summed E-state index contributed by atoms with van der Waals surface area (Å²) in [4.78, 5) is 22.2. The molecule has 0 aromatic heterocycles. The number of nitrogens with one attached hydrogen (secondary N) is 3. The minimum absolute atomic E-state index is 0.155. The molecule has 0 aliphatic heterocycles. The van der Waals surface area contributed by atoms with Crippen molar-refractivity contribution in [3.8, 4) is 0 Å². The van der Waals surface area contributed by atoms with Crippen LogP contribution in [0.5, 0.6) is 0 Å². The van der Waals surface area contributed by atoms with Crippen molar-refractivity contribution < 1.29 is 9.59 Å². The summed E-state index contributed by atoms with van der Waals surface area (Å²) in [6, 6.07) is 8.54. The Kier molecular flexibility index (Phi) is 7.03. The van der Waals surface area contributed by atoms with E-state index in [-0.39, 0.29) is 24.7 Å². The molecule has 7 N–H and O–H groups in total. The largest absolute Gasteiger partial charge is 0.352 e. The zero-order chi connectivity index (χ0) is 15.7. The molecule has 0 spiro atoms. The highest BCUT2D eigenvalue weighted by Gasteiger charge is 2.09. The molecule has 0 radical (unpaired) electrons. The van der Waals surface area contributed by atoms with Gasteiger partial charge in [0.15, 0.2) is 0 Å². The van der Waals surface area contributed by atoms with Crippen molar-refractivity contribution in [2.45, 2.75) is 25.4 Å². The quantitative estimate of drug-likeness (QED) is 0.483. The second kappa shape index (κ2) is 8.80. The Bertz CT molecular complexity index is 452. The number of rotatable bonds is 7. The molecule has 0 fully saturated rings. The highest BCUT2D eigenvalue weighted by Crippen LogP contribution is 2.01. The fraction of sp³-hybridized carbons (Fsp3) is 0.429. The van der Waals surface area contributed by atoms with Crippen LogP contribution in [0.25, 0.3) is 0 Å². The molecule has 1 aromatic rings. The first-order chi connectivity index (χ1) is 9.97. The van der Waals surface area contributed by atoms with Crippen LogP contribution in [0.3, 0.4) is 0 Å². The molecule has 0 saturated carbocycles. The topological polar surface area (TPSA) is 122 Å².